The van der Waals surface area contributed by atoms with Crippen LogP contribution in [-0.2, 0) is 0 Å². The third-order valence-corrected chi connectivity index (χ3v) is 4.40. The van der Waals surface area contributed by atoms with E-state index in [1.165, 1.54) is 0 Å². The Hall–Kier alpha value is -0.170. The van der Waals surface area contributed by atoms with Gasteiger partial charge >= 0.3 is 0 Å². The van der Waals surface area contributed by atoms with Gasteiger partial charge in [-0.25, -0.2) is 0 Å². The van der Waals surface area contributed by atoms with Crippen molar-refractivity contribution in [2.75, 3.05) is 5.32 Å². The van der Waals surface area contributed by atoms with E-state index >= 15 is 0 Å². The van der Waals surface area contributed by atoms with E-state index in [9.17, 15) is 4.79 Å². The minimum atomic E-state index is -0.166. The topological polar surface area (TPSA) is 29.1 Å². The van der Waals surface area contributed by atoms with Crippen LogP contribution in [0.4, 0.5) is 5.69 Å². The van der Waals surface area contributed by atoms with Crippen LogP contribution in [0.15, 0.2) is 54.3 Å². The van der Waals surface area contributed by atoms with Crippen molar-refractivity contribution in [3.05, 3.63) is 59.9 Å². The monoisotopic (exact) mass is 509 g/mol. The van der Waals surface area contributed by atoms with E-state index in [4.69, 9.17) is 0 Å². The van der Waals surface area contributed by atoms with E-state index in [1.807, 2.05) is 24.3 Å². The van der Waals surface area contributed by atoms with E-state index in [2.05, 4.69) is 69.0 Å². The molecule has 1 N–H and O–H groups in total. The molecule has 2 rings (SSSR count). The summed E-state index contributed by atoms with van der Waals surface area (Å²) < 4.78 is 3.43. The van der Waals surface area contributed by atoms with Crippen molar-refractivity contribution in [1.82, 2.24) is 0 Å². The predicted molar refractivity (Wildman–Crippen MR) is 91.6 cm³/mol. The van der Waals surface area contributed by atoms with Crippen molar-refractivity contribution < 1.29 is 4.79 Å². The molecule has 0 spiro atoms. The molecule has 0 aliphatic carbocycles. The second-order valence-corrected chi connectivity index (χ2v) is 7.34. The Bertz CT molecular complexity index is 622. The fourth-order valence-electron chi connectivity index (χ4n) is 1.47. The summed E-state index contributed by atoms with van der Waals surface area (Å²) in [5.41, 5.74) is 1.29. The molecule has 0 heterocycles. The number of benzene rings is 2. The fraction of sp³-hybridized carbons (Fsp3) is 0. The van der Waals surface area contributed by atoms with Crippen LogP contribution in [0, 0.1) is 0 Å². The van der Waals surface area contributed by atoms with Crippen LogP contribution in [0.25, 0.3) is 0 Å². The smallest absolute Gasteiger partial charge is 0.255 e. The first-order chi connectivity index (χ1) is 8.95. The lowest BCUT2D eigenvalue weighted by Crippen LogP contribution is -2.12. The molecule has 0 aromatic heterocycles. The highest BCUT2D eigenvalue weighted by Crippen LogP contribution is 2.27. The molecule has 0 aliphatic rings. The molecule has 0 saturated heterocycles. The van der Waals surface area contributed by atoms with Gasteiger partial charge in [0.25, 0.3) is 5.91 Å². The molecule has 2 aromatic carbocycles. The van der Waals surface area contributed by atoms with Gasteiger partial charge in [-0.1, -0.05) is 47.8 Å². The molecule has 0 saturated carbocycles. The van der Waals surface area contributed by atoms with Gasteiger partial charge in [0.05, 0.1) is 5.69 Å². The first kappa shape index (κ1) is 15.2. The first-order valence-electron chi connectivity index (χ1n) is 5.18. The number of carbonyl (C=O) groups is 1. The molecule has 98 valence electrons. The lowest BCUT2D eigenvalue weighted by molar-refractivity contribution is 0.102. The van der Waals surface area contributed by atoms with Crippen LogP contribution in [-0.4, -0.2) is 5.91 Å². The van der Waals surface area contributed by atoms with Crippen LogP contribution in [0.3, 0.4) is 0 Å². The molecule has 0 atom stereocenters. The van der Waals surface area contributed by atoms with Gasteiger partial charge in [-0.05, 0) is 52.3 Å². The molecule has 0 bridgehead atoms. The SMILES string of the molecule is O=C(Nc1cc(Br)ccc1Br)c1cc(Br)cc(Br)c1. The largest absolute Gasteiger partial charge is 0.321 e. The van der Waals surface area contributed by atoms with Crippen LogP contribution in [0.5, 0.6) is 0 Å². The van der Waals surface area contributed by atoms with Gasteiger partial charge < -0.3 is 5.32 Å². The maximum Gasteiger partial charge on any atom is 0.255 e. The van der Waals surface area contributed by atoms with Crippen LogP contribution in [0.2, 0.25) is 0 Å². The normalized spacial score (nSPS) is 10.3. The lowest BCUT2D eigenvalue weighted by atomic mass is 10.2. The summed E-state index contributed by atoms with van der Waals surface area (Å²) in [6, 6.07) is 11.0. The quantitative estimate of drug-likeness (QED) is 0.526. The van der Waals surface area contributed by atoms with Gasteiger partial charge in [-0.15, -0.1) is 0 Å². The summed E-state index contributed by atoms with van der Waals surface area (Å²) >= 11 is 13.5. The van der Waals surface area contributed by atoms with Crippen LogP contribution >= 0.6 is 63.7 Å². The summed E-state index contributed by atoms with van der Waals surface area (Å²) in [7, 11) is 0. The number of hydrogen-bond acceptors (Lipinski definition) is 1. The minimum absolute atomic E-state index is 0.166. The summed E-state index contributed by atoms with van der Waals surface area (Å²) in [5.74, 6) is -0.166. The Kier molecular flexibility index (Phi) is 5.22. The number of anilines is 1. The van der Waals surface area contributed by atoms with Gasteiger partial charge in [-0.2, -0.15) is 0 Å². The Balaban J connectivity index is 2.28. The van der Waals surface area contributed by atoms with E-state index in [1.54, 1.807) is 12.1 Å². The van der Waals surface area contributed by atoms with Gasteiger partial charge in [-0.3, -0.25) is 4.79 Å². The number of hydrogen-bond donors (Lipinski definition) is 1. The van der Waals surface area contributed by atoms with Crippen molar-refractivity contribution in [2.45, 2.75) is 0 Å². The minimum Gasteiger partial charge on any atom is -0.321 e. The summed E-state index contributed by atoms with van der Waals surface area (Å²) in [6.45, 7) is 0. The standard InChI is InChI=1S/C13H7Br4NO/c14-8-1-2-11(17)12(6-8)18-13(19)7-3-9(15)5-10(16)4-7/h1-6H,(H,18,19). The second-order valence-electron chi connectivity index (χ2n) is 3.74. The zero-order valence-corrected chi connectivity index (χ0v) is 15.7. The summed E-state index contributed by atoms with van der Waals surface area (Å²) in [4.78, 5) is 12.2. The molecule has 0 unspecified atom stereocenters. The number of carbonyl (C=O) groups excluding carboxylic acids is 1. The molecule has 19 heavy (non-hydrogen) atoms. The average Bonchev–Trinajstić information content (AvgIpc) is 2.32. The average molecular weight is 513 g/mol. The lowest BCUT2D eigenvalue weighted by Gasteiger charge is -2.08. The van der Waals surface area contributed by atoms with E-state index < -0.39 is 0 Å². The van der Waals surface area contributed by atoms with Crippen molar-refractivity contribution in [3.63, 3.8) is 0 Å². The first-order valence-corrected chi connectivity index (χ1v) is 8.35. The molecule has 0 aliphatic heterocycles. The highest BCUT2D eigenvalue weighted by Gasteiger charge is 2.10. The maximum absolute atomic E-state index is 12.2. The number of rotatable bonds is 2. The zero-order chi connectivity index (χ0) is 14.0. The third-order valence-electron chi connectivity index (χ3n) is 2.30. The molecule has 6 heteroatoms. The van der Waals surface area contributed by atoms with Gasteiger partial charge in [0, 0.05) is 23.5 Å². The molecule has 1 amide bonds. The van der Waals surface area contributed by atoms with Gasteiger partial charge in [0.2, 0.25) is 0 Å². The Morgan fingerprint density at radius 3 is 2.11 bits per heavy atom. The van der Waals surface area contributed by atoms with Crippen LogP contribution < -0.4 is 5.32 Å². The number of nitrogens with one attached hydrogen (secondary N) is 1. The fourth-order valence-corrected chi connectivity index (χ4v) is 3.47. The summed E-state index contributed by atoms with van der Waals surface area (Å²) in [6.07, 6.45) is 0. The molecular formula is C13H7Br4NO. The third kappa shape index (κ3) is 4.15. The second kappa shape index (κ2) is 6.52. The highest BCUT2D eigenvalue weighted by molar-refractivity contribution is 9.11. The zero-order valence-electron chi connectivity index (χ0n) is 9.38. The maximum atomic E-state index is 12.2. The van der Waals surface area contributed by atoms with Crippen molar-refractivity contribution in [3.8, 4) is 0 Å². The number of halogens is 4. The molecule has 0 fully saturated rings. The van der Waals surface area contributed by atoms with Crippen molar-refractivity contribution in [2.24, 2.45) is 0 Å². The molecule has 0 radical (unpaired) electrons. The van der Waals surface area contributed by atoms with Crippen LogP contribution in [0.1, 0.15) is 10.4 Å². The summed E-state index contributed by atoms with van der Waals surface area (Å²) in [5, 5.41) is 2.86. The molecule has 2 aromatic rings. The van der Waals surface area contributed by atoms with Gasteiger partial charge in [0.1, 0.15) is 0 Å². The van der Waals surface area contributed by atoms with Crippen molar-refractivity contribution in [1.29, 1.82) is 0 Å². The highest BCUT2D eigenvalue weighted by atomic mass is 79.9. The Labute approximate surface area is 144 Å². The predicted octanol–water partition coefficient (Wildman–Crippen LogP) is 5.99. The molecular weight excluding hydrogens is 506 g/mol. The Morgan fingerprint density at radius 2 is 1.47 bits per heavy atom. The Morgan fingerprint density at radius 1 is 0.842 bits per heavy atom. The molecule has 2 nitrogen and oxygen atoms in total. The van der Waals surface area contributed by atoms with Crippen molar-refractivity contribution >= 4 is 75.3 Å². The van der Waals surface area contributed by atoms with E-state index in [-0.39, 0.29) is 5.91 Å². The van der Waals surface area contributed by atoms with E-state index in [0.29, 0.717) is 5.56 Å². The van der Waals surface area contributed by atoms with Gasteiger partial charge in [0.15, 0.2) is 0 Å². The number of amides is 1. The van der Waals surface area contributed by atoms with E-state index in [0.717, 1.165) is 23.6 Å².